The van der Waals surface area contributed by atoms with Gasteiger partial charge in [-0.2, -0.15) is 0 Å². The van der Waals surface area contributed by atoms with Crippen LogP contribution in [0.1, 0.15) is 65.2 Å². The Hall–Kier alpha value is -0.570. The van der Waals surface area contributed by atoms with Crippen molar-refractivity contribution in [1.82, 2.24) is 10.6 Å². The highest BCUT2D eigenvalue weighted by atomic mass is 16.1. The molecule has 0 aliphatic heterocycles. The lowest BCUT2D eigenvalue weighted by Crippen LogP contribution is -2.41. The molecule has 2 N–H and O–H groups in total. The molecule has 0 saturated heterocycles. The first-order chi connectivity index (χ1) is 8.74. The summed E-state index contributed by atoms with van der Waals surface area (Å²) in [5.74, 6) is 0.903. The first-order valence-corrected chi connectivity index (χ1v) is 7.74. The van der Waals surface area contributed by atoms with Gasteiger partial charge in [0.2, 0.25) is 5.91 Å². The smallest absolute Gasteiger partial charge is 0.233 e. The van der Waals surface area contributed by atoms with E-state index in [1.165, 1.54) is 38.5 Å². The average Bonchev–Trinajstić information content (AvgIpc) is 2.65. The summed E-state index contributed by atoms with van der Waals surface area (Å²) in [5, 5.41) is 6.35. The molecular formula is C15H30N2O. The molecule has 3 nitrogen and oxygen atoms in total. The third-order valence-corrected chi connectivity index (χ3v) is 4.04. The molecule has 0 aromatic carbocycles. The molecule has 0 spiro atoms. The highest BCUT2D eigenvalue weighted by molar-refractivity contribution is 5.77. The Morgan fingerprint density at radius 2 is 1.89 bits per heavy atom. The summed E-state index contributed by atoms with van der Waals surface area (Å²) < 4.78 is 0. The van der Waals surface area contributed by atoms with E-state index in [-0.39, 0.29) is 5.91 Å². The average molecular weight is 254 g/mol. The lowest BCUT2D eigenvalue weighted by molar-refractivity contribution is -0.120. The van der Waals surface area contributed by atoms with E-state index in [1.807, 2.05) is 0 Å². The monoisotopic (exact) mass is 254 g/mol. The van der Waals surface area contributed by atoms with Crippen molar-refractivity contribution in [2.24, 2.45) is 5.92 Å². The second-order valence-corrected chi connectivity index (χ2v) is 5.62. The molecule has 1 saturated carbocycles. The zero-order valence-electron chi connectivity index (χ0n) is 12.1. The van der Waals surface area contributed by atoms with Crippen molar-refractivity contribution in [2.45, 2.75) is 71.3 Å². The first-order valence-electron chi connectivity index (χ1n) is 7.74. The Morgan fingerprint density at radius 3 is 2.50 bits per heavy atom. The molecule has 106 valence electrons. The largest absolute Gasteiger partial charge is 0.355 e. The number of carbonyl (C=O) groups is 1. The van der Waals surface area contributed by atoms with Gasteiger partial charge in [-0.25, -0.2) is 0 Å². The lowest BCUT2D eigenvalue weighted by Gasteiger charge is -2.23. The Morgan fingerprint density at radius 1 is 1.22 bits per heavy atom. The highest BCUT2D eigenvalue weighted by Gasteiger charge is 2.19. The minimum absolute atomic E-state index is 0.143. The molecule has 1 rings (SSSR count). The summed E-state index contributed by atoms with van der Waals surface area (Å²) in [5.41, 5.74) is 0. The second kappa shape index (κ2) is 9.37. The Bertz CT molecular complexity index is 223. The topological polar surface area (TPSA) is 41.1 Å². The van der Waals surface area contributed by atoms with Crippen LogP contribution in [0.5, 0.6) is 0 Å². The van der Waals surface area contributed by atoms with E-state index in [2.05, 4.69) is 24.5 Å². The van der Waals surface area contributed by atoms with Crippen LogP contribution < -0.4 is 10.6 Å². The molecule has 0 aromatic heterocycles. The lowest BCUT2D eigenvalue weighted by atomic mass is 9.93. The zero-order valence-corrected chi connectivity index (χ0v) is 12.1. The normalized spacial score (nSPS) is 19.2. The zero-order chi connectivity index (χ0) is 13.2. The number of hydrogen-bond donors (Lipinski definition) is 2. The van der Waals surface area contributed by atoms with Gasteiger partial charge in [0.25, 0.3) is 0 Å². The van der Waals surface area contributed by atoms with Crippen LogP contribution in [0.25, 0.3) is 0 Å². The van der Waals surface area contributed by atoms with Gasteiger partial charge in [0.05, 0.1) is 6.54 Å². The van der Waals surface area contributed by atoms with Gasteiger partial charge in [-0.1, -0.05) is 39.0 Å². The summed E-state index contributed by atoms with van der Waals surface area (Å²) >= 11 is 0. The maximum atomic E-state index is 11.6. The third kappa shape index (κ3) is 6.39. The van der Waals surface area contributed by atoms with Crippen LogP contribution in [0.2, 0.25) is 0 Å². The summed E-state index contributed by atoms with van der Waals surface area (Å²) in [7, 11) is 0. The Kier molecular flexibility index (Phi) is 8.06. The fourth-order valence-electron chi connectivity index (χ4n) is 2.70. The van der Waals surface area contributed by atoms with Crippen LogP contribution in [-0.4, -0.2) is 25.0 Å². The van der Waals surface area contributed by atoms with Gasteiger partial charge in [0.1, 0.15) is 0 Å². The van der Waals surface area contributed by atoms with Crippen molar-refractivity contribution in [2.75, 3.05) is 13.1 Å². The molecular weight excluding hydrogens is 224 g/mol. The van der Waals surface area contributed by atoms with Gasteiger partial charge in [0, 0.05) is 12.6 Å². The predicted molar refractivity (Wildman–Crippen MR) is 76.6 cm³/mol. The van der Waals surface area contributed by atoms with Crippen LogP contribution in [0, 0.1) is 5.92 Å². The van der Waals surface area contributed by atoms with Crippen LogP contribution >= 0.6 is 0 Å². The van der Waals surface area contributed by atoms with E-state index in [9.17, 15) is 4.79 Å². The van der Waals surface area contributed by atoms with Crippen molar-refractivity contribution < 1.29 is 4.79 Å². The van der Waals surface area contributed by atoms with Crippen LogP contribution in [-0.2, 0) is 4.79 Å². The van der Waals surface area contributed by atoms with E-state index in [0.717, 1.165) is 25.3 Å². The number of unbranched alkanes of at least 4 members (excludes halogenated alkanes) is 1. The first kappa shape index (κ1) is 15.5. The Balaban J connectivity index is 2.14. The highest BCUT2D eigenvalue weighted by Crippen LogP contribution is 2.25. The molecule has 1 fully saturated rings. The number of amides is 1. The maximum Gasteiger partial charge on any atom is 0.233 e. The van der Waals surface area contributed by atoms with E-state index >= 15 is 0 Å². The molecule has 1 atom stereocenters. The molecule has 1 aliphatic rings. The molecule has 0 unspecified atom stereocenters. The molecule has 3 heteroatoms. The number of carbonyl (C=O) groups excluding carboxylic acids is 1. The Labute approximate surface area is 112 Å². The van der Waals surface area contributed by atoms with E-state index < -0.39 is 0 Å². The van der Waals surface area contributed by atoms with Crippen molar-refractivity contribution >= 4 is 5.91 Å². The minimum Gasteiger partial charge on any atom is -0.355 e. The standard InChI is InChI=1S/C15H30N2O/c1-3-4-11-16-15(18)12-17-13(2)14-9-7-5-6-8-10-14/h13-14,17H,3-12H2,1-2H3,(H,16,18)/t13-/m1/s1. The molecule has 0 aromatic rings. The van der Waals surface area contributed by atoms with Crippen molar-refractivity contribution in [1.29, 1.82) is 0 Å². The van der Waals surface area contributed by atoms with Crippen molar-refractivity contribution in [3.05, 3.63) is 0 Å². The quantitative estimate of drug-likeness (QED) is 0.542. The van der Waals surface area contributed by atoms with Crippen LogP contribution in [0.4, 0.5) is 0 Å². The molecule has 0 bridgehead atoms. The molecule has 1 amide bonds. The van der Waals surface area contributed by atoms with Gasteiger partial charge in [-0.15, -0.1) is 0 Å². The number of rotatable bonds is 7. The maximum absolute atomic E-state index is 11.6. The SMILES string of the molecule is CCCCNC(=O)CN[C@H](C)C1CCCCCC1. The molecule has 18 heavy (non-hydrogen) atoms. The summed E-state index contributed by atoms with van der Waals surface area (Å²) in [4.78, 5) is 11.6. The van der Waals surface area contributed by atoms with E-state index in [4.69, 9.17) is 0 Å². The third-order valence-electron chi connectivity index (χ3n) is 4.04. The molecule has 0 heterocycles. The summed E-state index contributed by atoms with van der Waals surface area (Å²) in [6.45, 7) is 5.66. The van der Waals surface area contributed by atoms with Gasteiger partial charge in [-0.05, 0) is 32.1 Å². The van der Waals surface area contributed by atoms with E-state index in [1.54, 1.807) is 0 Å². The van der Waals surface area contributed by atoms with Crippen molar-refractivity contribution in [3.8, 4) is 0 Å². The van der Waals surface area contributed by atoms with Gasteiger partial charge >= 0.3 is 0 Å². The number of hydrogen-bond acceptors (Lipinski definition) is 2. The summed E-state index contributed by atoms with van der Waals surface area (Å²) in [6.07, 6.45) is 10.4. The van der Waals surface area contributed by atoms with Gasteiger partial charge < -0.3 is 10.6 Å². The molecule has 0 radical (unpaired) electrons. The molecule has 1 aliphatic carbocycles. The van der Waals surface area contributed by atoms with Crippen molar-refractivity contribution in [3.63, 3.8) is 0 Å². The van der Waals surface area contributed by atoms with Gasteiger partial charge in [0.15, 0.2) is 0 Å². The second-order valence-electron chi connectivity index (χ2n) is 5.62. The number of nitrogens with one attached hydrogen (secondary N) is 2. The fraction of sp³-hybridized carbons (Fsp3) is 0.933. The predicted octanol–water partition coefficient (Wildman–Crippen LogP) is 2.85. The van der Waals surface area contributed by atoms with Crippen LogP contribution in [0.3, 0.4) is 0 Å². The minimum atomic E-state index is 0.143. The van der Waals surface area contributed by atoms with Gasteiger partial charge in [-0.3, -0.25) is 4.79 Å². The summed E-state index contributed by atoms with van der Waals surface area (Å²) in [6, 6.07) is 0.472. The van der Waals surface area contributed by atoms with E-state index in [0.29, 0.717) is 12.6 Å². The fourth-order valence-corrected chi connectivity index (χ4v) is 2.70. The van der Waals surface area contributed by atoms with Crippen LogP contribution in [0.15, 0.2) is 0 Å².